The maximum absolute atomic E-state index is 12.6. The largest absolute Gasteiger partial charge is 0.376 e. The van der Waals surface area contributed by atoms with E-state index < -0.39 is 0 Å². The van der Waals surface area contributed by atoms with Crippen LogP contribution in [0.1, 0.15) is 43.9 Å². The van der Waals surface area contributed by atoms with Gasteiger partial charge in [0.05, 0.1) is 35.7 Å². The van der Waals surface area contributed by atoms with Crippen molar-refractivity contribution in [1.82, 2.24) is 9.88 Å². The minimum atomic E-state index is -0.378. The van der Waals surface area contributed by atoms with Crippen LogP contribution in [0.4, 0.5) is 5.69 Å². The quantitative estimate of drug-likeness (QED) is 0.852. The lowest BCUT2D eigenvalue weighted by Crippen LogP contribution is -2.36. The molecule has 7 heteroatoms. The molecule has 3 amide bonds. The van der Waals surface area contributed by atoms with Crippen molar-refractivity contribution in [2.45, 2.75) is 18.9 Å². The Balaban J connectivity index is 1.54. The zero-order valence-electron chi connectivity index (χ0n) is 14.0. The van der Waals surface area contributed by atoms with Gasteiger partial charge in [-0.25, -0.2) is 0 Å². The van der Waals surface area contributed by atoms with E-state index in [4.69, 9.17) is 4.74 Å². The number of nitrogens with zero attached hydrogens (tertiary/aromatic N) is 2. The van der Waals surface area contributed by atoms with E-state index in [0.29, 0.717) is 23.4 Å². The fourth-order valence-electron chi connectivity index (χ4n) is 3.23. The van der Waals surface area contributed by atoms with Gasteiger partial charge in [-0.1, -0.05) is 0 Å². The molecule has 1 saturated heterocycles. The lowest BCUT2D eigenvalue weighted by molar-refractivity contribution is 0.0475. The van der Waals surface area contributed by atoms with E-state index in [1.807, 2.05) is 0 Å². The zero-order chi connectivity index (χ0) is 18.1. The fraction of sp³-hybridized carbons (Fsp3) is 0.263. The molecule has 1 fully saturated rings. The van der Waals surface area contributed by atoms with Gasteiger partial charge in [-0.15, -0.1) is 0 Å². The lowest BCUT2D eigenvalue weighted by atomic mass is 10.1. The molecule has 1 atom stereocenters. The Morgan fingerprint density at radius 1 is 1.23 bits per heavy atom. The lowest BCUT2D eigenvalue weighted by Gasteiger charge is -2.17. The molecule has 0 saturated carbocycles. The van der Waals surface area contributed by atoms with Crippen LogP contribution >= 0.6 is 0 Å². The van der Waals surface area contributed by atoms with E-state index in [1.165, 1.54) is 23.2 Å². The summed E-state index contributed by atoms with van der Waals surface area (Å²) in [6, 6.07) is 7.98. The number of amides is 3. The van der Waals surface area contributed by atoms with Crippen LogP contribution in [-0.2, 0) is 4.74 Å². The molecule has 3 heterocycles. The summed E-state index contributed by atoms with van der Waals surface area (Å²) in [7, 11) is 0. The number of rotatable bonds is 4. The molecule has 1 aromatic heterocycles. The topological polar surface area (TPSA) is 88.6 Å². The van der Waals surface area contributed by atoms with Crippen LogP contribution in [0.5, 0.6) is 0 Å². The molecule has 4 rings (SSSR count). The Hall–Kier alpha value is -3.06. The van der Waals surface area contributed by atoms with E-state index in [0.717, 1.165) is 12.8 Å². The SMILES string of the molecule is O=C(Nc1cccnc1)c1ccc2c(c1)C(=O)N(C[C@H]1CCCO1)C2=O. The molecule has 7 nitrogen and oxygen atoms in total. The minimum absolute atomic E-state index is 0.106. The molecule has 2 aliphatic heterocycles. The van der Waals surface area contributed by atoms with Gasteiger partial charge in [-0.05, 0) is 43.2 Å². The van der Waals surface area contributed by atoms with Crippen LogP contribution in [0.3, 0.4) is 0 Å². The first-order chi connectivity index (χ1) is 12.6. The molecule has 0 bridgehead atoms. The highest BCUT2D eigenvalue weighted by Crippen LogP contribution is 2.26. The van der Waals surface area contributed by atoms with Crippen molar-refractivity contribution < 1.29 is 19.1 Å². The van der Waals surface area contributed by atoms with E-state index >= 15 is 0 Å². The van der Waals surface area contributed by atoms with Crippen molar-refractivity contribution in [3.8, 4) is 0 Å². The zero-order valence-corrected chi connectivity index (χ0v) is 14.0. The van der Waals surface area contributed by atoms with Crippen LogP contribution in [0.2, 0.25) is 0 Å². The summed E-state index contributed by atoms with van der Waals surface area (Å²) in [6.45, 7) is 0.913. The number of ether oxygens (including phenoxy) is 1. The second-order valence-corrected chi connectivity index (χ2v) is 6.31. The Bertz CT molecular complexity index is 876. The third-order valence-corrected chi connectivity index (χ3v) is 4.56. The predicted octanol–water partition coefficient (Wildman–Crippen LogP) is 2.11. The number of hydrogen-bond acceptors (Lipinski definition) is 5. The molecular weight excluding hydrogens is 334 g/mol. The molecule has 26 heavy (non-hydrogen) atoms. The van der Waals surface area contributed by atoms with Crippen molar-refractivity contribution in [3.63, 3.8) is 0 Å². The highest BCUT2D eigenvalue weighted by atomic mass is 16.5. The number of pyridine rings is 1. The molecular formula is C19H17N3O4. The van der Waals surface area contributed by atoms with Crippen molar-refractivity contribution >= 4 is 23.4 Å². The number of aromatic nitrogens is 1. The van der Waals surface area contributed by atoms with Crippen LogP contribution in [0, 0.1) is 0 Å². The third kappa shape index (κ3) is 2.97. The van der Waals surface area contributed by atoms with Crippen LogP contribution in [0.25, 0.3) is 0 Å². The summed E-state index contributed by atoms with van der Waals surface area (Å²) in [5.41, 5.74) is 1.45. The molecule has 1 N–H and O–H groups in total. The Morgan fingerprint density at radius 2 is 2.08 bits per heavy atom. The molecule has 1 aromatic carbocycles. The standard InChI is InChI=1S/C19H17N3O4/c23-17(21-13-3-1-7-20-10-13)12-5-6-15-16(9-12)19(25)22(18(15)24)11-14-4-2-8-26-14/h1,3,5-7,9-10,14H,2,4,8,11H2,(H,21,23)/t14-/m1/s1. The van der Waals surface area contributed by atoms with Gasteiger partial charge in [0.1, 0.15) is 0 Å². The molecule has 0 unspecified atom stereocenters. The van der Waals surface area contributed by atoms with Crippen molar-refractivity contribution in [1.29, 1.82) is 0 Å². The summed E-state index contributed by atoms with van der Waals surface area (Å²) in [4.78, 5) is 42.7. The maximum atomic E-state index is 12.6. The van der Waals surface area contributed by atoms with E-state index in [9.17, 15) is 14.4 Å². The van der Waals surface area contributed by atoms with Crippen LogP contribution < -0.4 is 5.32 Å². The summed E-state index contributed by atoms with van der Waals surface area (Å²) in [6.07, 6.45) is 4.81. The van der Waals surface area contributed by atoms with E-state index in [1.54, 1.807) is 24.4 Å². The molecule has 2 aliphatic rings. The van der Waals surface area contributed by atoms with Gasteiger partial charge in [-0.3, -0.25) is 24.3 Å². The first-order valence-corrected chi connectivity index (χ1v) is 8.47. The summed E-state index contributed by atoms with van der Waals surface area (Å²) in [5.74, 6) is -1.07. The first-order valence-electron chi connectivity index (χ1n) is 8.47. The Morgan fingerprint density at radius 3 is 2.81 bits per heavy atom. The van der Waals surface area contributed by atoms with Gasteiger partial charge in [0, 0.05) is 18.4 Å². The Labute approximate surface area is 150 Å². The second kappa shape index (κ2) is 6.68. The number of carbonyl (C=O) groups excluding carboxylic acids is 3. The number of fused-ring (bicyclic) bond motifs is 1. The number of benzene rings is 1. The summed E-state index contributed by atoms with van der Waals surface area (Å²) in [5, 5.41) is 2.71. The number of nitrogens with one attached hydrogen (secondary N) is 1. The van der Waals surface area contributed by atoms with Crippen molar-refractivity contribution in [3.05, 3.63) is 59.4 Å². The number of imide groups is 1. The monoisotopic (exact) mass is 351 g/mol. The second-order valence-electron chi connectivity index (χ2n) is 6.31. The van der Waals surface area contributed by atoms with Gasteiger partial charge in [0.15, 0.2) is 0 Å². The molecule has 2 aromatic rings. The van der Waals surface area contributed by atoms with Gasteiger partial charge < -0.3 is 10.1 Å². The predicted molar refractivity (Wildman–Crippen MR) is 93.0 cm³/mol. The third-order valence-electron chi connectivity index (χ3n) is 4.56. The van der Waals surface area contributed by atoms with Gasteiger partial charge >= 0.3 is 0 Å². The molecule has 0 aliphatic carbocycles. The van der Waals surface area contributed by atoms with Gasteiger partial charge in [-0.2, -0.15) is 0 Å². The highest BCUT2D eigenvalue weighted by Gasteiger charge is 2.37. The summed E-state index contributed by atoms with van der Waals surface area (Å²) < 4.78 is 5.52. The molecule has 132 valence electrons. The highest BCUT2D eigenvalue weighted by molar-refractivity contribution is 6.22. The van der Waals surface area contributed by atoms with E-state index in [2.05, 4.69) is 10.3 Å². The first kappa shape index (κ1) is 16.4. The normalized spacial score (nSPS) is 18.9. The van der Waals surface area contributed by atoms with Crippen LogP contribution in [0.15, 0.2) is 42.7 Å². The van der Waals surface area contributed by atoms with E-state index in [-0.39, 0.29) is 35.9 Å². The van der Waals surface area contributed by atoms with Crippen LogP contribution in [-0.4, -0.2) is 46.9 Å². The molecule has 0 radical (unpaired) electrons. The van der Waals surface area contributed by atoms with Gasteiger partial charge in [0.2, 0.25) is 0 Å². The average molecular weight is 351 g/mol. The van der Waals surface area contributed by atoms with Crippen molar-refractivity contribution in [2.75, 3.05) is 18.5 Å². The average Bonchev–Trinajstić information content (AvgIpc) is 3.25. The number of hydrogen-bond donors (Lipinski definition) is 1. The maximum Gasteiger partial charge on any atom is 0.261 e. The molecule has 0 spiro atoms. The fourth-order valence-corrected chi connectivity index (χ4v) is 3.23. The van der Waals surface area contributed by atoms with Gasteiger partial charge in [0.25, 0.3) is 17.7 Å². The number of carbonyl (C=O) groups is 3. The minimum Gasteiger partial charge on any atom is -0.376 e. The Kier molecular flexibility index (Phi) is 4.22. The smallest absolute Gasteiger partial charge is 0.261 e. The number of anilines is 1. The summed E-state index contributed by atoms with van der Waals surface area (Å²) >= 11 is 0. The van der Waals surface area contributed by atoms with Crippen molar-refractivity contribution in [2.24, 2.45) is 0 Å².